The maximum absolute atomic E-state index is 12.6. The van der Waals surface area contributed by atoms with Crippen molar-refractivity contribution in [2.24, 2.45) is 0 Å². The fourth-order valence-corrected chi connectivity index (χ4v) is 4.08. The van der Waals surface area contributed by atoms with E-state index in [1.165, 1.54) is 6.20 Å². The van der Waals surface area contributed by atoms with E-state index in [0.717, 1.165) is 31.4 Å². The number of amides is 1. The van der Waals surface area contributed by atoms with E-state index < -0.39 is 0 Å². The fourth-order valence-electron chi connectivity index (χ4n) is 4.08. The predicted molar refractivity (Wildman–Crippen MR) is 107 cm³/mol. The van der Waals surface area contributed by atoms with Gasteiger partial charge in [-0.25, -0.2) is 0 Å². The van der Waals surface area contributed by atoms with Crippen molar-refractivity contribution < 1.29 is 19.0 Å². The van der Waals surface area contributed by atoms with Crippen LogP contribution in [0.25, 0.3) is 0 Å². The van der Waals surface area contributed by atoms with Gasteiger partial charge in [0.1, 0.15) is 12.4 Å². The molecular formula is C22H27N3O4. The average molecular weight is 397 g/mol. The molecule has 7 nitrogen and oxygen atoms in total. The molecule has 1 aromatic carbocycles. The predicted octanol–water partition coefficient (Wildman–Crippen LogP) is 2.73. The Morgan fingerprint density at radius 2 is 1.97 bits per heavy atom. The Bertz CT molecular complexity index is 779. The Morgan fingerprint density at radius 1 is 1.14 bits per heavy atom. The lowest BCUT2D eigenvalue weighted by Crippen LogP contribution is -2.52. The van der Waals surface area contributed by atoms with Crippen molar-refractivity contribution in [3.05, 3.63) is 54.4 Å². The summed E-state index contributed by atoms with van der Waals surface area (Å²) in [5.74, 6) is 0.873. The summed E-state index contributed by atoms with van der Waals surface area (Å²) in [4.78, 5) is 14.5. The van der Waals surface area contributed by atoms with Crippen molar-refractivity contribution in [3.63, 3.8) is 0 Å². The molecule has 1 atom stereocenters. The number of para-hydroxylation sites is 1. The summed E-state index contributed by atoms with van der Waals surface area (Å²) in [6.45, 7) is 3.17. The van der Waals surface area contributed by atoms with Crippen molar-refractivity contribution in [1.82, 2.24) is 15.1 Å². The van der Waals surface area contributed by atoms with E-state index in [1.54, 1.807) is 12.3 Å². The van der Waals surface area contributed by atoms with Gasteiger partial charge in [-0.1, -0.05) is 18.2 Å². The second-order valence-electron chi connectivity index (χ2n) is 7.60. The third-order valence-electron chi connectivity index (χ3n) is 5.69. The number of hydrogen-bond acceptors (Lipinski definition) is 6. The summed E-state index contributed by atoms with van der Waals surface area (Å²) in [7, 11) is 0. The number of likely N-dealkylation sites (tertiary alicyclic amines) is 1. The van der Waals surface area contributed by atoms with Gasteiger partial charge in [0.25, 0.3) is 5.91 Å². The molecule has 1 unspecified atom stereocenters. The van der Waals surface area contributed by atoms with Crippen LogP contribution in [0.1, 0.15) is 36.0 Å². The van der Waals surface area contributed by atoms with Crippen LogP contribution in [-0.4, -0.2) is 65.6 Å². The van der Waals surface area contributed by atoms with Gasteiger partial charge in [0.15, 0.2) is 0 Å². The molecule has 7 heteroatoms. The van der Waals surface area contributed by atoms with Gasteiger partial charge in [-0.2, -0.15) is 10.2 Å². The van der Waals surface area contributed by atoms with E-state index >= 15 is 0 Å². The Hall–Kier alpha value is -2.51. The van der Waals surface area contributed by atoms with Gasteiger partial charge < -0.3 is 19.1 Å². The number of carbonyl (C=O) groups excluding carboxylic acids is 1. The number of ether oxygens (including phenoxy) is 3. The number of carbonyl (C=O) groups is 1. The van der Waals surface area contributed by atoms with Crippen molar-refractivity contribution in [2.75, 3.05) is 32.9 Å². The molecule has 0 bridgehead atoms. The lowest BCUT2D eigenvalue weighted by molar-refractivity contribution is -0.153. The van der Waals surface area contributed by atoms with Gasteiger partial charge in [0.05, 0.1) is 36.3 Å². The maximum Gasteiger partial charge on any atom is 0.255 e. The Labute approximate surface area is 171 Å². The average Bonchev–Trinajstić information content (AvgIpc) is 2.78. The van der Waals surface area contributed by atoms with Crippen molar-refractivity contribution in [3.8, 4) is 5.75 Å². The minimum Gasteiger partial charge on any atom is -0.491 e. The summed E-state index contributed by atoms with van der Waals surface area (Å²) in [5.41, 5.74) is 0.399. The molecule has 1 aromatic heterocycles. The molecule has 0 aliphatic carbocycles. The normalized spacial score (nSPS) is 21.1. The maximum atomic E-state index is 12.6. The monoisotopic (exact) mass is 397 g/mol. The Kier molecular flexibility index (Phi) is 6.36. The number of piperidine rings is 1. The second-order valence-corrected chi connectivity index (χ2v) is 7.60. The molecule has 1 spiro atoms. The van der Waals surface area contributed by atoms with Gasteiger partial charge in [-0.05, 0) is 37.5 Å². The SMILES string of the molecule is O=C(c1ccnnc1)N1CCC2(CC1)CC(OCCOc1ccccc1)CCO2. The number of rotatable bonds is 6. The van der Waals surface area contributed by atoms with Crippen LogP contribution in [0.3, 0.4) is 0 Å². The molecule has 3 heterocycles. The highest BCUT2D eigenvalue weighted by atomic mass is 16.5. The molecule has 2 fully saturated rings. The highest BCUT2D eigenvalue weighted by Crippen LogP contribution is 2.36. The van der Waals surface area contributed by atoms with E-state index in [0.29, 0.717) is 38.5 Å². The third-order valence-corrected chi connectivity index (χ3v) is 5.69. The Morgan fingerprint density at radius 3 is 2.72 bits per heavy atom. The van der Waals surface area contributed by atoms with Gasteiger partial charge >= 0.3 is 0 Å². The van der Waals surface area contributed by atoms with Crippen LogP contribution in [0.15, 0.2) is 48.8 Å². The molecule has 2 saturated heterocycles. The summed E-state index contributed by atoms with van der Waals surface area (Å²) >= 11 is 0. The third kappa shape index (κ3) is 5.10. The van der Waals surface area contributed by atoms with E-state index in [1.807, 2.05) is 35.2 Å². The zero-order valence-electron chi connectivity index (χ0n) is 16.5. The molecule has 0 radical (unpaired) electrons. The minimum absolute atomic E-state index is 0.0106. The largest absolute Gasteiger partial charge is 0.491 e. The zero-order valence-corrected chi connectivity index (χ0v) is 16.5. The lowest BCUT2D eigenvalue weighted by Gasteiger charge is -2.46. The van der Waals surface area contributed by atoms with Crippen molar-refractivity contribution in [2.45, 2.75) is 37.4 Å². The first-order valence-corrected chi connectivity index (χ1v) is 10.2. The molecule has 1 amide bonds. The first-order chi connectivity index (χ1) is 14.2. The van der Waals surface area contributed by atoms with E-state index in [2.05, 4.69) is 10.2 Å². The van der Waals surface area contributed by atoms with Gasteiger partial charge in [-0.3, -0.25) is 4.79 Å². The summed E-state index contributed by atoms with van der Waals surface area (Å²) in [6.07, 6.45) is 6.68. The highest BCUT2D eigenvalue weighted by molar-refractivity contribution is 5.93. The minimum atomic E-state index is -0.184. The summed E-state index contributed by atoms with van der Waals surface area (Å²) in [6, 6.07) is 11.5. The molecule has 4 rings (SSSR count). The van der Waals surface area contributed by atoms with Crippen LogP contribution in [0.5, 0.6) is 5.75 Å². The van der Waals surface area contributed by atoms with Crippen LogP contribution in [0.4, 0.5) is 0 Å². The van der Waals surface area contributed by atoms with E-state index in [-0.39, 0.29) is 17.6 Å². The van der Waals surface area contributed by atoms with Crippen LogP contribution < -0.4 is 4.74 Å². The topological polar surface area (TPSA) is 73.8 Å². The number of benzene rings is 1. The van der Waals surface area contributed by atoms with Gasteiger partial charge in [0.2, 0.25) is 0 Å². The van der Waals surface area contributed by atoms with Crippen LogP contribution in [0, 0.1) is 0 Å². The number of hydrogen-bond donors (Lipinski definition) is 0. The Balaban J connectivity index is 1.23. The first kappa shape index (κ1) is 19.8. The molecule has 2 aliphatic rings. The molecule has 0 N–H and O–H groups in total. The van der Waals surface area contributed by atoms with E-state index in [9.17, 15) is 4.79 Å². The lowest BCUT2D eigenvalue weighted by atomic mass is 9.83. The molecule has 0 saturated carbocycles. The number of aromatic nitrogens is 2. The zero-order chi connectivity index (χ0) is 19.9. The van der Waals surface area contributed by atoms with Gasteiger partial charge in [0, 0.05) is 26.1 Å². The van der Waals surface area contributed by atoms with Crippen LogP contribution in [-0.2, 0) is 9.47 Å². The summed E-state index contributed by atoms with van der Waals surface area (Å²) < 4.78 is 18.0. The summed E-state index contributed by atoms with van der Waals surface area (Å²) in [5, 5.41) is 7.53. The molecular weight excluding hydrogens is 370 g/mol. The van der Waals surface area contributed by atoms with Crippen molar-refractivity contribution in [1.29, 1.82) is 0 Å². The molecule has 2 aliphatic heterocycles. The second kappa shape index (κ2) is 9.33. The van der Waals surface area contributed by atoms with Crippen molar-refractivity contribution >= 4 is 5.91 Å². The van der Waals surface area contributed by atoms with Gasteiger partial charge in [-0.15, -0.1) is 0 Å². The molecule has 154 valence electrons. The standard InChI is InChI=1S/C22H27N3O4/c26-21(18-6-10-23-24-17-18)25-11-8-22(9-12-25)16-20(7-13-29-22)28-15-14-27-19-4-2-1-3-5-19/h1-6,10,17,20H,7-9,11-16H2. The van der Waals surface area contributed by atoms with Crippen LogP contribution >= 0.6 is 0 Å². The fraction of sp³-hybridized carbons (Fsp3) is 0.500. The van der Waals surface area contributed by atoms with Crippen LogP contribution in [0.2, 0.25) is 0 Å². The molecule has 2 aromatic rings. The van der Waals surface area contributed by atoms with E-state index in [4.69, 9.17) is 14.2 Å². The quantitative estimate of drug-likeness (QED) is 0.698. The molecule has 29 heavy (non-hydrogen) atoms. The smallest absolute Gasteiger partial charge is 0.255 e. The highest BCUT2D eigenvalue weighted by Gasteiger charge is 2.41. The first-order valence-electron chi connectivity index (χ1n) is 10.2. The number of nitrogens with zero attached hydrogens (tertiary/aromatic N) is 3.